The van der Waals surface area contributed by atoms with Gasteiger partial charge in [-0.25, -0.2) is 0 Å². The molecule has 0 aliphatic rings. The van der Waals surface area contributed by atoms with Gasteiger partial charge in [0.25, 0.3) is 0 Å². The number of anilines is 2. The zero-order chi connectivity index (χ0) is 16.5. The minimum atomic E-state index is 0.544. The Kier molecular flexibility index (Phi) is 6.40. The van der Waals surface area contributed by atoms with Crippen molar-refractivity contribution in [3.63, 3.8) is 0 Å². The fraction of sp³-hybridized carbons (Fsp3) is 0.438. The fourth-order valence-electron chi connectivity index (χ4n) is 2.07. The van der Waals surface area contributed by atoms with E-state index >= 15 is 0 Å². The summed E-state index contributed by atoms with van der Waals surface area (Å²) in [6, 6.07) is 5.91. The molecule has 0 fully saturated rings. The summed E-state index contributed by atoms with van der Waals surface area (Å²) in [5.41, 5.74) is 1.15. The molecule has 23 heavy (non-hydrogen) atoms. The molecule has 0 atom stereocenters. The first-order valence-corrected chi connectivity index (χ1v) is 7.65. The normalized spacial score (nSPS) is 10.2. The fourth-order valence-corrected chi connectivity index (χ4v) is 2.07. The third-order valence-electron chi connectivity index (χ3n) is 3.26. The molecule has 124 valence electrons. The first-order valence-electron chi connectivity index (χ1n) is 7.65. The van der Waals surface area contributed by atoms with Crippen molar-refractivity contribution in [2.24, 2.45) is 0 Å². The van der Waals surface area contributed by atoms with Crippen molar-refractivity contribution >= 4 is 11.8 Å². The number of nitrogens with one attached hydrogen (secondary N) is 2. The van der Waals surface area contributed by atoms with Gasteiger partial charge < -0.3 is 20.1 Å². The smallest absolute Gasteiger partial charge is 0.244 e. The van der Waals surface area contributed by atoms with Crippen LogP contribution in [0.15, 0.2) is 24.4 Å². The Balaban J connectivity index is 1.89. The van der Waals surface area contributed by atoms with Crippen molar-refractivity contribution < 1.29 is 9.47 Å². The summed E-state index contributed by atoms with van der Waals surface area (Å²) in [4.78, 5) is 4.36. The summed E-state index contributed by atoms with van der Waals surface area (Å²) in [5, 5.41) is 14.2. The molecule has 2 aromatic rings. The van der Waals surface area contributed by atoms with Crippen LogP contribution in [-0.2, 0) is 6.42 Å². The summed E-state index contributed by atoms with van der Waals surface area (Å²) >= 11 is 0. The molecule has 1 aromatic heterocycles. The first-order chi connectivity index (χ1) is 11.3. The predicted octanol–water partition coefficient (Wildman–Crippen LogP) is 2.37. The predicted molar refractivity (Wildman–Crippen MR) is 90.3 cm³/mol. The van der Waals surface area contributed by atoms with Crippen molar-refractivity contribution in [3.05, 3.63) is 30.0 Å². The molecule has 0 saturated carbocycles. The van der Waals surface area contributed by atoms with E-state index in [0.29, 0.717) is 11.8 Å². The molecule has 0 spiro atoms. The lowest BCUT2D eigenvalue weighted by atomic mass is 10.1. The molecule has 0 radical (unpaired) electrons. The molecular formula is C16H23N5O2. The first kappa shape index (κ1) is 16.8. The molecule has 0 saturated heterocycles. The molecule has 0 amide bonds. The summed E-state index contributed by atoms with van der Waals surface area (Å²) in [6.45, 7) is 3.66. The molecular weight excluding hydrogens is 294 g/mol. The maximum atomic E-state index is 5.31. The Morgan fingerprint density at radius 1 is 1.04 bits per heavy atom. The molecule has 7 heteroatoms. The number of hydrogen-bond donors (Lipinski definition) is 2. The lowest BCUT2D eigenvalue weighted by Gasteiger charge is -2.10. The van der Waals surface area contributed by atoms with Gasteiger partial charge in [-0.1, -0.05) is 13.0 Å². The van der Waals surface area contributed by atoms with Crippen molar-refractivity contribution in [1.82, 2.24) is 15.2 Å². The summed E-state index contributed by atoms with van der Waals surface area (Å²) in [6.07, 6.45) is 3.47. The summed E-state index contributed by atoms with van der Waals surface area (Å²) < 4.78 is 10.5. The standard InChI is InChI=1S/C16H23N5O2/c1-4-8-18-16-20-15(11-19-21-16)17-9-7-12-5-6-13(22-2)14(10-12)23-3/h5-6,10-11H,4,7-9H2,1-3H3,(H2,17,18,20,21). The molecule has 0 aliphatic heterocycles. The average molecular weight is 317 g/mol. The van der Waals surface area contributed by atoms with E-state index in [1.54, 1.807) is 20.4 Å². The van der Waals surface area contributed by atoms with Gasteiger partial charge in [0.1, 0.15) is 0 Å². The Morgan fingerprint density at radius 2 is 1.87 bits per heavy atom. The Morgan fingerprint density at radius 3 is 2.61 bits per heavy atom. The van der Waals surface area contributed by atoms with E-state index in [4.69, 9.17) is 9.47 Å². The van der Waals surface area contributed by atoms with Crippen LogP contribution in [0.5, 0.6) is 11.5 Å². The highest BCUT2D eigenvalue weighted by Gasteiger charge is 2.05. The number of ether oxygens (including phenoxy) is 2. The second-order valence-corrected chi connectivity index (χ2v) is 4.96. The van der Waals surface area contributed by atoms with Crippen LogP contribution in [0.2, 0.25) is 0 Å². The van der Waals surface area contributed by atoms with Crippen LogP contribution in [-0.4, -0.2) is 42.5 Å². The average Bonchev–Trinajstić information content (AvgIpc) is 2.60. The SMILES string of the molecule is CCCNc1nncc(NCCc2ccc(OC)c(OC)c2)n1. The van der Waals surface area contributed by atoms with Gasteiger partial charge in [0.15, 0.2) is 17.3 Å². The Labute approximate surface area is 136 Å². The van der Waals surface area contributed by atoms with Gasteiger partial charge in [-0.2, -0.15) is 10.1 Å². The number of methoxy groups -OCH3 is 2. The van der Waals surface area contributed by atoms with E-state index in [-0.39, 0.29) is 0 Å². The van der Waals surface area contributed by atoms with Gasteiger partial charge in [0.05, 0.1) is 20.4 Å². The zero-order valence-corrected chi connectivity index (χ0v) is 13.8. The van der Waals surface area contributed by atoms with Crippen LogP contribution in [0.3, 0.4) is 0 Å². The topological polar surface area (TPSA) is 81.2 Å². The maximum Gasteiger partial charge on any atom is 0.244 e. The monoisotopic (exact) mass is 317 g/mol. The minimum Gasteiger partial charge on any atom is -0.493 e. The quantitative estimate of drug-likeness (QED) is 0.734. The third kappa shape index (κ3) is 4.98. The number of rotatable bonds is 9. The Bertz CT molecular complexity index is 621. The van der Waals surface area contributed by atoms with E-state index in [2.05, 4.69) is 32.7 Å². The van der Waals surface area contributed by atoms with Crippen LogP contribution >= 0.6 is 0 Å². The van der Waals surface area contributed by atoms with E-state index in [9.17, 15) is 0 Å². The number of hydrogen-bond acceptors (Lipinski definition) is 7. The van der Waals surface area contributed by atoms with E-state index in [0.717, 1.165) is 43.0 Å². The zero-order valence-electron chi connectivity index (χ0n) is 13.8. The summed E-state index contributed by atoms with van der Waals surface area (Å²) in [7, 11) is 3.27. The molecule has 7 nitrogen and oxygen atoms in total. The maximum absolute atomic E-state index is 5.31. The molecule has 0 unspecified atom stereocenters. The van der Waals surface area contributed by atoms with Gasteiger partial charge in [-0.3, -0.25) is 0 Å². The van der Waals surface area contributed by atoms with Crippen LogP contribution in [0.25, 0.3) is 0 Å². The largest absolute Gasteiger partial charge is 0.493 e. The van der Waals surface area contributed by atoms with Crippen LogP contribution in [0.4, 0.5) is 11.8 Å². The van der Waals surface area contributed by atoms with Gasteiger partial charge >= 0.3 is 0 Å². The highest BCUT2D eigenvalue weighted by molar-refractivity contribution is 5.43. The molecule has 0 aliphatic carbocycles. The highest BCUT2D eigenvalue weighted by atomic mass is 16.5. The molecule has 0 bridgehead atoms. The lowest BCUT2D eigenvalue weighted by Crippen LogP contribution is -2.10. The van der Waals surface area contributed by atoms with Gasteiger partial charge in [0, 0.05) is 13.1 Å². The highest BCUT2D eigenvalue weighted by Crippen LogP contribution is 2.27. The molecule has 1 heterocycles. The third-order valence-corrected chi connectivity index (χ3v) is 3.26. The van der Waals surface area contributed by atoms with Crippen molar-refractivity contribution in [2.75, 3.05) is 37.9 Å². The van der Waals surface area contributed by atoms with Gasteiger partial charge in [-0.15, -0.1) is 5.10 Å². The van der Waals surface area contributed by atoms with Crippen LogP contribution in [0, 0.1) is 0 Å². The van der Waals surface area contributed by atoms with Crippen LogP contribution < -0.4 is 20.1 Å². The van der Waals surface area contributed by atoms with Gasteiger partial charge in [-0.05, 0) is 30.5 Å². The van der Waals surface area contributed by atoms with Crippen molar-refractivity contribution in [1.29, 1.82) is 0 Å². The second kappa shape index (κ2) is 8.77. The number of aromatic nitrogens is 3. The lowest BCUT2D eigenvalue weighted by molar-refractivity contribution is 0.354. The van der Waals surface area contributed by atoms with E-state index in [1.165, 1.54) is 0 Å². The van der Waals surface area contributed by atoms with E-state index in [1.807, 2.05) is 18.2 Å². The molecule has 2 rings (SSSR count). The minimum absolute atomic E-state index is 0.544. The second-order valence-electron chi connectivity index (χ2n) is 4.96. The van der Waals surface area contributed by atoms with Crippen LogP contribution in [0.1, 0.15) is 18.9 Å². The Hall–Kier alpha value is -2.57. The molecule has 2 N–H and O–H groups in total. The van der Waals surface area contributed by atoms with Gasteiger partial charge in [0.2, 0.25) is 5.95 Å². The van der Waals surface area contributed by atoms with Crippen molar-refractivity contribution in [3.8, 4) is 11.5 Å². The summed E-state index contributed by atoms with van der Waals surface area (Å²) in [5.74, 6) is 2.72. The van der Waals surface area contributed by atoms with Crippen molar-refractivity contribution in [2.45, 2.75) is 19.8 Å². The van der Waals surface area contributed by atoms with E-state index < -0.39 is 0 Å². The number of benzene rings is 1. The number of nitrogens with zero attached hydrogens (tertiary/aromatic N) is 3. The molecule has 1 aromatic carbocycles.